The first-order valence-electron chi connectivity index (χ1n) is 7.52. The molecule has 0 bridgehead atoms. The molecule has 106 valence electrons. The van der Waals surface area contributed by atoms with Crippen molar-refractivity contribution in [3.63, 3.8) is 0 Å². The van der Waals surface area contributed by atoms with E-state index in [1.54, 1.807) is 0 Å². The number of ether oxygens (including phenoxy) is 1. The molecule has 1 aliphatic heterocycles. The van der Waals surface area contributed by atoms with Gasteiger partial charge >= 0.3 is 0 Å². The van der Waals surface area contributed by atoms with E-state index in [1.165, 1.54) is 25.8 Å². The number of hydrogen-bond donors (Lipinski definition) is 1. The summed E-state index contributed by atoms with van der Waals surface area (Å²) in [5.41, 5.74) is 0.295. The quantitative estimate of drug-likeness (QED) is 0.833. The van der Waals surface area contributed by atoms with Gasteiger partial charge in [-0.05, 0) is 32.1 Å². The van der Waals surface area contributed by atoms with Crippen molar-refractivity contribution >= 4 is 0 Å². The average molecular weight is 254 g/mol. The Balaban J connectivity index is 2.02. The monoisotopic (exact) mass is 254 g/mol. The Morgan fingerprint density at radius 1 is 1.39 bits per heavy atom. The number of piperazine rings is 1. The van der Waals surface area contributed by atoms with Crippen molar-refractivity contribution in [2.75, 3.05) is 20.2 Å². The van der Waals surface area contributed by atoms with Gasteiger partial charge in [-0.2, -0.15) is 0 Å². The van der Waals surface area contributed by atoms with E-state index >= 15 is 0 Å². The molecule has 0 spiro atoms. The molecule has 2 unspecified atom stereocenters. The van der Waals surface area contributed by atoms with Crippen LogP contribution >= 0.6 is 0 Å². The minimum atomic E-state index is 0.295. The highest BCUT2D eigenvalue weighted by molar-refractivity contribution is 5.01. The minimum absolute atomic E-state index is 0.295. The minimum Gasteiger partial charge on any atom is -0.381 e. The van der Waals surface area contributed by atoms with E-state index in [-0.39, 0.29) is 0 Å². The lowest BCUT2D eigenvalue weighted by atomic mass is 9.81. The largest absolute Gasteiger partial charge is 0.381 e. The summed E-state index contributed by atoms with van der Waals surface area (Å²) < 4.78 is 5.44. The maximum atomic E-state index is 5.44. The molecule has 0 aromatic rings. The predicted octanol–water partition coefficient (Wildman–Crippen LogP) is 2.26. The first kappa shape index (κ1) is 14.3. The van der Waals surface area contributed by atoms with Gasteiger partial charge in [0, 0.05) is 37.8 Å². The van der Waals surface area contributed by atoms with Gasteiger partial charge in [0.2, 0.25) is 0 Å². The molecule has 3 heteroatoms. The normalized spacial score (nSPS) is 42.0. The Morgan fingerprint density at radius 3 is 2.56 bits per heavy atom. The average Bonchev–Trinajstić information content (AvgIpc) is 2.27. The fourth-order valence-electron chi connectivity index (χ4n) is 3.30. The van der Waals surface area contributed by atoms with Gasteiger partial charge in [0.15, 0.2) is 0 Å². The van der Waals surface area contributed by atoms with E-state index in [9.17, 15) is 0 Å². The maximum Gasteiger partial charge on any atom is 0.0601 e. The molecule has 1 N–H and O–H groups in total. The lowest BCUT2D eigenvalue weighted by molar-refractivity contribution is -0.0695. The number of hydrogen-bond acceptors (Lipinski definition) is 3. The van der Waals surface area contributed by atoms with Crippen molar-refractivity contribution in [2.24, 2.45) is 5.92 Å². The van der Waals surface area contributed by atoms with E-state index in [2.05, 4.69) is 37.9 Å². The Kier molecular flexibility index (Phi) is 4.35. The molecule has 0 amide bonds. The lowest BCUT2D eigenvalue weighted by Gasteiger charge is -2.54. The van der Waals surface area contributed by atoms with Crippen LogP contribution in [0.1, 0.15) is 47.0 Å². The Hall–Kier alpha value is -0.120. The molecular formula is C15H30N2O. The molecule has 2 fully saturated rings. The molecule has 1 aliphatic carbocycles. The number of nitrogens with zero attached hydrogens (tertiary/aromatic N) is 1. The molecule has 1 saturated heterocycles. The van der Waals surface area contributed by atoms with Gasteiger partial charge in [-0.1, -0.05) is 20.8 Å². The first-order valence-corrected chi connectivity index (χ1v) is 7.52. The van der Waals surface area contributed by atoms with Crippen molar-refractivity contribution in [3.05, 3.63) is 0 Å². The van der Waals surface area contributed by atoms with Gasteiger partial charge in [-0.3, -0.25) is 4.90 Å². The van der Waals surface area contributed by atoms with Gasteiger partial charge in [-0.15, -0.1) is 0 Å². The summed E-state index contributed by atoms with van der Waals surface area (Å²) >= 11 is 0. The van der Waals surface area contributed by atoms with Crippen LogP contribution < -0.4 is 5.32 Å². The second-order valence-corrected chi connectivity index (χ2v) is 6.76. The van der Waals surface area contributed by atoms with E-state index in [4.69, 9.17) is 4.74 Å². The van der Waals surface area contributed by atoms with E-state index < -0.39 is 0 Å². The van der Waals surface area contributed by atoms with Crippen molar-refractivity contribution < 1.29 is 4.74 Å². The first-order chi connectivity index (χ1) is 8.49. The highest BCUT2D eigenvalue weighted by Crippen LogP contribution is 2.34. The SMILES string of the molecule is CCC1(C)CN(C2CC(OC)C2)C(C(C)C)CN1. The van der Waals surface area contributed by atoms with Crippen molar-refractivity contribution in [3.8, 4) is 0 Å². The smallest absolute Gasteiger partial charge is 0.0601 e. The summed E-state index contributed by atoms with van der Waals surface area (Å²) in [4.78, 5) is 2.76. The van der Waals surface area contributed by atoms with Crippen LogP contribution in [0.25, 0.3) is 0 Å². The highest BCUT2D eigenvalue weighted by Gasteiger charge is 2.43. The van der Waals surface area contributed by atoms with E-state index in [0.717, 1.165) is 18.5 Å². The molecule has 18 heavy (non-hydrogen) atoms. The van der Waals surface area contributed by atoms with Crippen molar-refractivity contribution in [1.82, 2.24) is 10.2 Å². The summed E-state index contributed by atoms with van der Waals surface area (Å²) in [6, 6.07) is 1.43. The molecule has 0 radical (unpaired) electrons. The summed E-state index contributed by atoms with van der Waals surface area (Å²) in [5, 5.41) is 3.76. The fourth-order valence-corrected chi connectivity index (χ4v) is 3.30. The zero-order valence-electron chi connectivity index (χ0n) is 12.7. The molecule has 2 atom stereocenters. The second-order valence-electron chi connectivity index (χ2n) is 6.76. The maximum absolute atomic E-state index is 5.44. The summed E-state index contributed by atoms with van der Waals surface area (Å²) in [7, 11) is 1.84. The predicted molar refractivity (Wildman–Crippen MR) is 75.8 cm³/mol. The fraction of sp³-hybridized carbons (Fsp3) is 1.00. The molecule has 2 aliphatic rings. The second kappa shape index (κ2) is 5.48. The van der Waals surface area contributed by atoms with Crippen LogP contribution in [0.15, 0.2) is 0 Å². The van der Waals surface area contributed by atoms with E-state index in [0.29, 0.717) is 17.7 Å². The summed E-state index contributed by atoms with van der Waals surface area (Å²) in [6.45, 7) is 11.7. The standard InChI is InChI=1S/C15H30N2O/c1-6-15(4)10-17(12-7-13(8-12)18-5)14(9-16-15)11(2)3/h11-14,16H,6-10H2,1-5H3. The van der Waals surface area contributed by atoms with Crippen LogP contribution in [0, 0.1) is 5.92 Å². The molecule has 0 aromatic carbocycles. The lowest BCUT2D eigenvalue weighted by Crippen LogP contribution is -2.68. The van der Waals surface area contributed by atoms with Crippen LogP contribution in [0.5, 0.6) is 0 Å². The van der Waals surface area contributed by atoms with Crippen molar-refractivity contribution in [1.29, 1.82) is 0 Å². The highest BCUT2D eigenvalue weighted by atomic mass is 16.5. The summed E-state index contributed by atoms with van der Waals surface area (Å²) in [6.07, 6.45) is 4.15. The van der Waals surface area contributed by atoms with E-state index in [1.807, 2.05) is 7.11 Å². The van der Waals surface area contributed by atoms with Gasteiger partial charge in [0.1, 0.15) is 0 Å². The number of nitrogens with one attached hydrogen (secondary N) is 1. The Morgan fingerprint density at radius 2 is 2.06 bits per heavy atom. The van der Waals surface area contributed by atoms with Crippen molar-refractivity contribution in [2.45, 2.75) is 70.7 Å². The zero-order valence-corrected chi connectivity index (χ0v) is 12.7. The molecule has 2 rings (SSSR count). The van der Waals surface area contributed by atoms with Crippen LogP contribution in [-0.2, 0) is 4.74 Å². The number of methoxy groups -OCH3 is 1. The molecule has 1 saturated carbocycles. The van der Waals surface area contributed by atoms with Gasteiger partial charge in [-0.25, -0.2) is 0 Å². The van der Waals surface area contributed by atoms with Gasteiger partial charge in [0.05, 0.1) is 6.10 Å². The third-order valence-electron chi connectivity index (χ3n) is 5.12. The van der Waals surface area contributed by atoms with Crippen LogP contribution in [0.4, 0.5) is 0 Å². The van der Waals surface area contributed by atoms with Crippen LogP contribution in [0.2, 0.25) is 0 Å². The third-order valence-corrected chi connectivity index (χ3v) is 5.12. The van der Waals surface area contributed by atoms with Gasteiger partial charge in [0.25, 0.3) is 0 Å². The summed E-state index contributed by atoms with van der Waals surface area (Å²) in [5.74, 6) is 0.723. The molecule has 1 heterocycles. The molecule has 0 aromatic heterocycles. The molecular weight excluding hydrogens is 224 g/mol. The molecule has 3 nitrogen and oxygen atoms in total. The zero-order chi connectivity index (χ0) is 13.3. The topological polar surface area (TPSA) is 24.5 Å². The van der Waals surface area contributed by atoms with Crippen LogP contribution in [-0.4, -0.2) is 48.8 Å². The third kappa shape index (κ3) is 2.73. The Labute approximate surface area is 112 Å². The Bertz CT molecular complexity index is 276. The van der Waals surface area contributed by atoms with Crippen LogP contribution in [0.3, 0.4) is 0 Å². The number of rotatable bonds is 4. The van der Waals surface area contributed by atoms with Gasteiger partial charge < -0.3 is 10.1 Å².